The fourth-order valence-corrected chi connectivity index (χ4v) is 1.58. The average Bonchev–Trinajstić information content (AvgIpc) is 1.85. The van der Waals surface area contributed by atoms with Gasteiger partial charge in [0.05, 0.1) is 0 Å². The zero-order valence-corrected chi connectivity index (χ0v) is 7.28. The lowest BCUT2D eigenvalue weighted by Gasteiger charge is -2.21. The number of allylic oxidation sites excluding steroid dienone is 2. The maximum Gasteiger partial charge on any atom is 0.0332 e. The predicted octanol–water partition coefficient (Wildman–Crippen LogP) is 2.06. The van der Waals surface area contributed by atoms with E-state index in [4.69, 9.17) is 11.1 Å². The number of nitrogens with one attached hydrogen (secondary N) is 1. The fourth-order valence-electron chi connectivity index (χ4n) is 1.58. The molecule has 3 N–H and O–H groups in total. The van der Waals surface area contributed by atoms with Crippen molar-refractivity contribution in [3.05, 3.63) is 11.3 Å². The molecule has 0 aromatic carbocycles. The van der Waals surface area contributed by atoms with Gasteiger partial charge in [0.2, 0.25) is 0 Å². The topological polar surface area (TPSA) is 49.9 Å². The Labute approximate surface area is 68.0 Å². The summed E-state index contributed by atoms with van der Waals surface area (Å²) in [6, 6.07) is 0. The highest BCUT2D eigenvalue weighted by Crippen LogP contribution is 2.26. The summed E-state index contributed by atoms with van der Waals surface area (Å²) in [6.45, 7) is 4.03. The fraction of sp³-hybridized carbons (Fsp3) is 0.667. The van der Waals surface area contributed by atoms with Crippen LogP contribution in [0.15, 0.2) is 11.3 Å². The molecule has 2 nitrogen and oxygen atoms in total. The van der Waals surface area contributed by atoms with Gasteiger partial charge in [-0.25, -0.2) is 0 Å². The number of rotatable bonds is 1. The molecular formula is C9H16N2. The summed E-state index contributed by atoms with van der Waals surface area (Å²) in [5.41, 5.74) is 8.48. The summed E-state index contributed by atoms with van der Waals surface area (Å²) in [5.74, 6) is 0.707. The molecule has 0 bridgehead atoms. The Morgan fingerprint density at radius 1 is 1.64 bits per heavy atom. The Morgan fingerprint density at radius 3 is 2.73 bits per heavy atom. The molecule has 0 spiro atoms. The van der Waals surface area contributed by atoms with Crippen molar-refractivity contribution in [3.8, 4) is 0 Å². The monoisotopic (exact) mass is 152 g/mol. The van der Waals surface area contributed by atoms with E-state index in [0.717, 1.165) is 24.1 Å². The molecule has 1 aliphatic carbocycles. The third-order valence-electron chi connectivity index (χ3n) is 2.30. The maximum atomic E-state index is 7.45. The highest BCUT2D eigenvalue weighted by Gasteiger charge is 2.16. The van der Waals surface area contributed by atoms with Gasteiger partial charge in [-0.05, 0) is 37.7 Å². The molecule has 2 heteroatoms. The van der Waals surface area contributed by atoms with Gasteiger partial charge in [-0.15, -0.1) is 0 Å². The van der Waals surface area contributed by atoms with Crippen molar-refractivity contribution < 1.29 is 0 Å². The lowest BCUT2D eigenvalue weighted by atomic mass is 9.87. The van der Waals surface area contributed by atoms with Gasteiger partial charge in [0.15, 0.2) is 0 Å². The highest BCUT2D eigenvalue weighted by atomic mass is 14.6. The first-order valence-electron chi connectivity index (χ1n) is 4.14. The van der Waals surface area contributed by atoms with E-state index in [2.05, 4.69) is 6.92 Å². The molecule has 0 radical (unpaired) electrons. The van der Waals surface area contributed by atoms with Crippen LogP contribution >= 0.6 is 0 Å². The Bertz CT molecular complexity index is 204. The maximum absolute atomic E-state index is 7.45. The van der Waals surface area contributed by atoms with Gasteiger partial charge in [0.25, 0.3) is 0 Å². The van der Waals surface area contributed by atoms with Crippen molar-refractivity contribution in [2.75, 3.05) is 0 Å². The second-order valence-electron chi connectivity index (χ2n) is 3.48. The lowest BCUT2D eigenvalue weighted by molar-refractivity contribution is 0.500. The van der Waals surface area contributed by atoms with Crippen molar-refractivity contribution in [2.45, 2.75) is 33.1 Å². The van der Waals surface area contributed by atoms with Gasteiger partial charge in [-0.1, -0.05) is 6.92 Å². The van der Waals surface area contributed by atoms with Gasteiger partial charge in [-0.2, -0.15) is 0 Å². The third kappa shape index (κ3) is 1.82. The highest BCUT2D eigenvalue weighted by molar-refractivity contribution is 5.96. The van der Waals surface area contributed by atoms with Gasteiger partial charge >= 0.3 is 0 Å². The molecule has 0 aromatic heterocycles. The normalized spacial score (nSPS) is 25.5. The summed E-state index contributed by atoms with van der Waals surface area (Å²) >= 11 is 0. The molecule has 0 fully saturated rings. The second-order valence-corrected chi connectivity index (χ2v) is 3.48. The zero-order valence-electron chi connectivity index (χ0n) is 7.28. The molecule has 0 saturated carbocycles. The van der Waals surface area contributed by atoms with Gasteiger partial charge in [-0.3, -0.25) is 0 Å². The molecule has 1 atom stereocenters. The number of nitrogens with two attached hydrogens (primary N) is 1. The minimum absolute atomic E-state index is 0.648. The van der Waals surface area contributed by atoms with E-state index >= 15 is 0 Å². The first kappa shape index (κ1) is 8.31. The van der Waals surface area contributed by atoms with Gasteiger partial charge in [0, 0.05) is 11.4 Å². The van der Waals surface area contributed by atoms with Crippen LogP contribution < -0.4 is 5.73 Å². The molecule has 1 unspecified atom stereocenters. The van der Waals surface area contributed by atoms with Crippen LogP contribution in [0.4, 0.5) is 0 Å². The summed E-state index contributed by atoms with van der Waals surface area (Å²) in [6.07, 6.45) is 3.17. The lowest BCUT2D eigenvalue weighted by Crippen LogP contribution is -2.16. The quantitative estimate of drug-likeness (QED) is 0.555. The Hall–Kier alpha value is -0.790. The van der Waals surface area contributed by atoms with E-state index in [0.29, 0.717) is 11.6 Å². The van der Waals surface area contributed by atoms with Crippen LogP contribution in [0.1, 0.15) is 33.1 Å². The minimum Gasteiger partial charge on any atom is -0.402 e. The average molecular weight is 152 g/mol. The molecule has 0 aromatic rings. The molecule has 1 aliphatic rings. The van der Waals surface area contributed by atoms with E-state index in [1.807, 2.05) is 6.92 Å². The van der Waals surface area contributed by atoms with E-state index < -0.39 is 0 Å². The third-order valence-corrected chi connectivity index (χ3v) is 2.30. The van der Waals surface area contributed by atoms with Crippen LogP contribution in [-0.4, -0.2) is 5.71 Å². The standard InChI is InChI=1S/C9H16N2/c1-6-3-4-8(7(2)10)9(11)5-6/h6,10H,3-5,11H2,1-2H3. The molecule has 1 rings (SSSR count). The summed E-state index contributed by atoms with van der Waals surface area (Å²) in [5, 5.41) is 7.45. The van der Waals surface area contributed by atoms with Crippen LogP contribution in [0.2, 0.25) is 0 Å². The van der Waals surface area contributed by atoms with Gasteiger partial charge in [0.1, 0.15) is 0 Å². The Kier molecular flexibility index (Phi) is 2.32. The smallest absolute Gasteiger partial charge is 0.0332 e. The first-order chi connectivity index (χ1) is 5.11. The van der Waals surface area contributed by atoms with Crippen molar-refractivity contribution >= 4 is 5.71 Å². The molecule has 0 amide bonds. The number of hydrogen-bond acceptors (Lipinski definition) is 2. The van der Waals surface area contributed by atoms with E-state index in [1.165, 1.54) is 6.42 Å². The summed E-state index contributed by atoms with van der Waals surface area (Å²) < 4.78 is 0. The van der Waals surface area contributed by atoms with Crippen LogP contribution in [0.5, 0.6) is 0 Å². The zero-order chi connectivity index (χ0) is 8.43. The van der Waals surface area contributed by atoms with Crippen LogP contribution in [0.25, 0.3) is 0 Å². The minimum atomic E-state index is 0.648. The van der Waals surface area contributed by atoms with E-state index in [1.54, 1.807) is 0 Å². The molecular weight excluding hydrogens is 136 g/mol. The second kappa shape index (κ2) is 3.07. The van der Waals surface area contributed by atoms with Crippen LogP contribution in [-0.2, 0) is 0 Å². The van der Waals surface area contributed by atoms with E-state index in [-0.39, 0.29) is 0 Å². The molecule has 11 heavy (non-hydrogen) atoms. The molecule has 0 heterocycles. The first-order valence-corrected chi connectivity index (χ1v) is 4.14. The van der Waals surface area contributed by atoms with Crippen LogP contribution in [0.3, 0.4) is 0 Å². The van der Waals surface area contributed by atoms with Crippen molar-refractivity contribution in [3.63, 3.8) is 0 Å². The molecule has 0 aliphatic heterocycles. The van der Waals surface area contributed by atoms with Crippen molar-refractivity contribution in [1.82, 2.24) is 0 Å². The predicted molar refractivity (Wildman–Crippen MR) is 47.6 cm³/mol. The molecule has 0 saturated heterocycles. The summed E-state index contributed by atoms with van der Waals surface area (Å²) in [4.78, 5) is 0. The Balaban J connectivity index is 2.78. The van der Waals surface area contributed by atoms with Crippen molar-refractivity contribution in [2.24, 2.45) is 11.7 Å². The van der Waals surface area contributed by atoms with E-state index in [9.17, 15) is 0 Å². The largest absolute Gasteiger partial charge is 0.402 e. The van der Waals surface area contributed by atoms with Gasteiger partial charge < -0.3 is 11.1 Å². The Morgan fingerprint density at radius 2 is 2.27 bits per heavy atom. The van der Waals surface area contributed by atoms with Crippen LogP contribution in [0, 0.1) is 11.3 Å². The summed E-state index contributed by atoms with van der Waals surface area (Å²) in [7, 11) is 0. The molecule has 62 valence electrons. The SMILES string of the molecule is CC(=N)C1=C(N)CC(C)CC1. The van der Waals surface area contributed by atoms with Crippen molar-refractivity contribution in [1.29, 1.82) is 5.41 Å². The number of hydrogen-bond donors (Lipinski definition) is 2.